The summed E-state index contributed by atoms with van der Waals surface area (Å²) in [5.41, 5.74) is 3.57. The molecule has 5 rings (SSSR count). The van der Waals surface area contributed by atoms with Crippen LogP contribution in [0.15, 0.2) is 76.7 Å². The summed E-state index contributed by atoms with van der Waals surface area (Å²) < 4.78 is 11.0. The molecule has 0 aliphatic carbocycles. The van der Waals surface area contributed by atoms with Crippen LogP contribution in [0.25, 0.3) is 0 Å². The van der Waals surface area contributed by atoms with Crippen molar-refractivity contribution in [2.75, 3.05) is 14.2 Å². The third kappa shape index (κ3) is 4.29. The molecule has 1 amide bonds. The van der Waals surface area contributed by atoms with E-state index in [1.807, 2.05) is 71.6 Å². The summed E-state index contributed by atoms with van der Waals surface area (Å²) in [7, 11) is 3.17. The molecule has 2 aliphatic rings. The fourth-order valence-corrected chi connectivity index (χ4v) is 5.30. The molecule has 172 valence electrons. The topological polar surface area (TPSA) is 63.5 Å². The monoisotopic (exact) mass is 491 g/mol. The lowest BCUT2D eigenvalue weighted by molar-refractivity contribution is -0.119. The highest BCUT2D eigenvalue weighted by molar-refractivity contribution is 8.13. The number of amides is 1. The highest BCUT2D eigenvalue weighted by Crippen LogP contribution is 2.41. The first-order valence-corrected chi connectivity index (χ1v) is 12.1. The van der Waals surface area contributed by atoms with Crippen LogP contribution in [0.3, 0.4) is 0 Å². The number of fused-ring (bicyclic) bond motifs is 3. The number of nitrogens with zero attached hydrogens (tertiary/aromatic N) is 3. The molecule has 2 aliphatic heterocycles. The zero-order valence-corrected chi connectivity index (χ0v) is 20.3. The number of rotatable bonds is 6. The number of aliphatic imine (C=N–C) groups is 2. The van der Waals surface area contributed by atoms with E-state index in [4.69, 9.17) is 26.1 Å². The van der Waals surface area contributed by atoms with E-state index >= 15 is 0 Å². The number of halogens is 1. The Hall–Kier alpha value is -3.29. The Kier molecular flexibility index (Phi) is 6.30. The van der Waals surface area contributed by atoms with Crippen LogP contribution in [0.4, 0.5) is 5.69 Å². The van der Waals surface area contributed by atoms with Crippen molar-refractivity contribution in [1.29, 1.82) is 0 Å². The van der Waals surface area contributed by atoms with E-state index in [2.05, 4.69) is 4.99 Å². The molecule has 0 fully saturated rings. The zero-order valence-electron chi connectivity index (χ0n) is 18.7. The van der Waals surface area contributed by atoms with Crippen molar-refractivity contribution in [2.24, 2.45) is 9.98 Å². The zero-order chi connectivity index (χ0) is 23.7. The van der Waals surface area contributed by atoms with Gasteiger partial charge in [-0.15, -0.1) is 0 Å². The van der Waals surface area contributed by atoms with Crippen molar-refractivity contribution < 1.29 is 14.3 Å². The first-order valence-electron chi connectivity index (χ1n) is 10.8. The van der Waals surface area contributed by atoms with E-state index in [1.165, 1.54) is 0 Å². The van der Waals surface area contributed by atoms with Gasteiger partial charge in [-0.05, 0) is 29.3 Å². The lowest BCUT2D eigenvalue weighted by atomic mass is 10.0. The van der Waals surface area contributed by atoms with Gasteiger partial charge in [0.25, 0.3) is 5.91 Å². The molecule has 1 atom stereocenters. The van der Waals surface area contributed by atoms with Gasteiger partial charge in [0, 0.05) is 28.8 Å². The van der Waals surface area contributed by atoms with Gasteiger partial charge < -0.3 is 9.47 Å². The maximum atomic E-state index is 13.1. The highest BCUT2D eigenvalue weighted by atomic mass is 35.5. The van der Waals surface area contributed by atoms with Crippen LogP contribution in [0.2, 0.25) is 5.02 Å². The summed E-state index contributed by atoms with van der Waals surface area (Å²) in [5.74, 6) is 2.19. The van der Waals surface area contributed by atoms with Crippen molar-refractivity contribution in [3.63, 3.8) is 0 Å². The minimum atomic E-state index is -0.468. The van der Waals surface area contributed by atoms with E-state index in [0.717, 1.165) is 16.7 Å². The normalized spacial score (nSPS) is 16.5. The largest absolute Gasteiger partial charge is 0.493 e. The third-order valence-corrected chi connectivity index (χ3v) is 6.99. The molecule has 8 heteroatoms. The fourth-order valence-electron chi connectivity index (χ4n) is 4.09. The minimum absolute atomic E-state index is 0.183. The minimum Gasteiger partial charge on any atom is -0.493 e. The van der Waals surface area contributed by atoms with Crippen LogP contribution in [-0.4, -0.2) is 42.1 Å². The number of carbonyl (C=O) groups is 1. The number of hydrogen-bond donors (Lipinski definition) is 0. The maximum Gasteiger partial charge on any atom is 0.271 e. The van der Waals surface area contributed by atoms with Gasteiger partial charge in [-0.3, -0.25) is 9.69 Å². The Labute approximate surface area is 207 Å². The molecule has 0 unspecified atom stereocenters. The Morgan fingerprint density at radius 3 is 2.41 bits per heavy atom. The molecule has 0 radical (unpaired) electrons. The van der Waals surface area contributed by atoms with Crippen LogP contribution in [0.5, 0.6) is 11.5 Å². The van der Waals surface area contributed by atoms with Crippen LogP contribution in [-0.2, 0) is 17.0 Å². The van der Waals surface area contributed by atoms with E-state index in [-0.39, 0.29) is 5.91 Å². The molecular formula is C26H22ClN3O3S. The lowest BCUT2D eigenvalue weighted by Gasteiger charge is -2.31. The predicted molar refractivity (Wildman–Crippen MR) is 137 cm³/mol. The average molecular weight is 492 g/mol. The van der Waals surface area contributed by atoms with Crippen molar-refractivity contribution in [2.45, 2.75) is 18.2 Å². The van der Waals surface area contributed by atoms with Gasteiger partial charge in [-0.2, -0.15) is 4.99 Å². The number of thioether (sulfide) groups is 1. The molecule has 34 heavy (non-hydrogen) atoms. The number of benzene rings is 3. The summed E-state index contributed by atoms with van der Waals surface area (Å²) in [6, 6.07) is 20.9. The van der Waals surface area contributed by atoms with Crippen molar-refractivity contribution in [3.8, 4) is 11.5 Å². The van der Waals surface area contributed by atoms with Crippen LogP contribution in [0, 0.1) is 0 Å². The third-order valence-electron chi connectivity index (χ3n) is 5.73. The number of amidine groups is 2. The maximum absolute atomic E-state index is 13.1. The lowest BCUT2D eigenvalue weighted by Crippen LogP contribution is -2.44. The Balaban J connectivity index is 1.55. The van der Waals surface area contributed by atoms with Gasteiger partial charge in [-0.1, -0.05) is 65.8 Å². The SMILES string of the molecule is COc1cc2c(cc1OC)C1=NC(=O)[C@@H](Cc3ccccc3)N1C(SCc1cccc(Cl)c1)=N2. The van der Waals surface area contributed by atoms with Crippen molar-refractivity contribution >= 4 is 46.0 Å². The smallest absolute Gasteiger partial charge is 0.271 e. The molecule has 0 N–H and O–H groups in total. The second-order valence-electron chi connectivity index (χ2n) is 7.89. The molecule has 3 aromatic rings. The van der Waals surface area contributed by atoms with Gasteiger partial charge in [-0.25, -0.2) is 4.99 Å². The summed E-state index contributed by atoms with van der Waals surface area (Å²) in [4.78, 5) is 24.5. The number of methoxy groups -OCH3 is 2. The predicted octanol–water partition coefficient (Wildman–Crippen LogP) is 5.49. The Bertz CT molecular complexity index is 1310. The highest BCUT2D eigenvalue weighted by Gasteiger charge is 2.42. The van der Waals surface area contributed by atoms with Gasteiger partial charge in [0.2, 0.25) is 0 Å². The Morgan fingerprint density at radius 2 is 1.68 bits per heavy atom. The van der Waals surface area contributed by atoms with Gasteiger partial charge in [0.1, 0.15) is 11.9 Å². The standard InChI is InChI=1S/C26H22ClN3O3S/c1-32-22-13-19-20(14-23(22)33-2)28-26(34-15-17-9-6-10-18(27)11-17)30-21(25(31)29-24(19)30)12-16-7-4-3-5-8-16/h3-11,13-14,21H,12,15H2,1-2H3/t21-/m1/s1. The molecule has 0 aromatic heterocycles. The van der Waals surface area contributed by atoms with Crippen LogP contribution < -0.4 is 9.47 Å². The molecule has 6 nitrogen and oxygen atoms in total. The first-order chi connectivity index (χ1) is 16.6. The second kappa shape index (κ2) is 9.52. The summed E-state index contributed by atoms with van der Waals surface area (Å²) >= 11 is 7.73. The van der Waals surface area contributed by atoms with Gasteiger partial charge in [0.15, 0.2) is 16.7 Å². The van der Waals surface area contributed by atoms with E-state index < -0.39 is 6.04 Å². The van der Waals surface area contributed by atoms with Crippen LogP contribution in [0.1, 0.15) is 16.7 Å². The summed E-state index contributed by atoms with van der Waals surface area (Å²) in [6.45, 7) is 0. The molecule has 3 aromatic carbocycles. The molecular weight excluding hydrogens is 470 g/mol. The van der Waals surface area contributed by atoms with E-state index in [9.17, 15) is 4.79 Å². The van der Waals surface area contributed by atoms with Gasteiger partial charge >= 0.3 is 0 Å². The molecule has 0 saturated carbocycles. The number of ether oxygens (including phenoxy) is 2. The molecule has 2 heterocycles. The van der Waals surface area contributed by atoms with Crippen molar-refractivity contribution in [1.82, 2.24) is 4.90 Å². The number of carbonyl (C=O) groups excluding carboxylic acids is 1. The molecule has 0 spiro atoms. The second-order valence-corrected chi connectivity index (χ2v) is 9.27. The van der Waals surface area contributed by atoms with E-state index in [0.29, 0.717) is 45.4 Å². The van der Waals surface area contributed by atoms with Crippen molar-refractivity contribution in [3.05, 3.63) is 88.4 Å². The summed E-state index contributed by atoms with van der Waals surface area (Å²) in [5, 5.41) is 1.40. The fraction of sp³-hybridized carbons (Fsp3) is 0.192. The first kappa shape index (κ1) is 22.5. The quantitative estimate of drug-likeness (QED) is 0.456. The van der Waals surface area contributed by atoms with Gasteiger partial charge in [0.05, 0.1) is 19.9 Å². The van der Waals surface area contributed by atoms with Crippen LogP contribution >= 0.6 is 23.4 Å². The molecule has 0 bridgehead atoms. The average Bonchev–Trinajstić information content (AvgIpc) is 3.18. The van der Waals surface area contributed by atoms with E-state index in [1.54, 1.807) is 26.0 Å². The Morgan fingerprint density at radius 1 is 0.941 bits per heavy atom. The molecule has 0 saturated heterocycles. The number of hydrogen-bond acceptors (Lipinski definition) is 6. The summed E-state index contributed by atoms with van der Waals surface area (Å²) in [6.07, 6.45) is 0.534.